The molecule has 94 valence electrons. The number of methoxy groups -OCH3 is 1. The molecule has 17 heavy (non-hydrogen) atoms. The lowest BCUT2D eigenvalue weighted by molar-refractivity contribution is 0.101. The van der Waals surface area contributed by atoms with Crippen molar-refractivity contribution in [1.82, 2.24) is 0 Å². The predicted molar refractivity (Wildman–Crippen MR) is 68.0 cm³/mol. The summed E-state index contributed by atoms with van der Waals surface area (Å²) < 4.78 is 10.8. The summed E-state index contributed by atoms with van der Waals surface area (Å²) in [5.41, 5.74) is 0.534. The number of carbonyl (C=O) groups excluding carboxylic acids is 1. The topological polar surface area (TPSA) is 35.5 Å². The lowest BCUT2D eigenvalue weighted by Crippen LogP contribution is -2.04. The molecule has 0 aliphatic carbocycles. The number of hydrogen-bond acceptors (Lipinski definition) is 3. The van der Waals surface area contributed by atoms with E-state index in [9.17, 15) is 4.79 Å². The van der Waals surface area contributed by atoms with Crippen molar-refractivity contribution >= 4 is 5.78 Å². The normalized spacial score (nSPS) is 10.1. The zero-order chi connectivity index (χ0) is 12.7. The van der Waals surface area contributed by atoms with E-state index in [1.165, 1.54) is 6.92 Å². The van der Waals surface area contributed by atoms with Crippen LogP contribution in [0.4, 0.5) is 0 Å². The SMILES string of the molecule is CCCCCOc1cccc(OC)c1C(C)=O. The van der Waals surface area contributed by atoms with Crippen molar-refractivity contribution in [1.29, 1.82) is 0 Å². The Labute approximate surface area is 103 Å². The van der Waals surface area contributed by atoms with Crippen LogP contribution < -0.4 is 9.47 Å². The van der Waals surface area contributed by atoms with Gasteiger partial charge in [-0.1, -0.05) is 25.8 Å². The summed E-state index contributed by atoms with van der Waals surface area (Å²) in [6, 6.07) is 5.42. The largest absolute Gasteiger partial charge is 0.496 e. The third-order valence-electron chi connectivity index (χ3n) is 2.57. The number of carbonyl (C=O) groups is 1. The maximum absolute atomic E-state index is 11.6. The highest BCUT2D eigenvalue weighted by Crippen LogP contribution is 2.28. The van der Waals surface area contributed by atoms with Crippen LogP contribution in [0.3, 0.4) is 0 Å². The molecule has 0 bridgehead atoms. The van der Waals surface area contributed by atoms with Gasteiger partial charge in [0.25, 0.3) is 0 Å². The van der Waals surface area contributed by atoms with Crippen molar-refractivity contribution in [3.8, 4) is 11.5 Å². The molecule has 0 fully saturated rings. The molecule has 0 saturated heterocycles. The van der Waals surface area contributed by atoms with Gasteiger partial charge in [0.05, 0.1) is 13.7 Å². The van der Waals surface area contributed by atoms with E-state index in [2.05, 4.69) is 6.92 Å². The Kier molecular flexibility index (Phi) is 5.53. The average molecular weight is 236 g/mol. The van der Waals surface area contributed by atoms with Crippen molar-refractivity contribution in [3.05, 3.63) is 23.8 Å². The van der Waals surface area contributed by atoms with Crippen molar-refractivity contribution in [3.63, 3.8) is 0 Å². The zero-order valence-electron chi connectivity index (χ0n) is 10.8. The van der Waals surface area contributed by atoms with Gasteiger partial charge in [-0.15, -0.1) is 0 Å². The van der Waals surface area contributed by atoms with Gasteiger partial charge in [-0.2, -0.15) is 0 Å². The molecule has 0 heterocycles. The fraction of sp³-hybridized carbons (Fsp3) is 0.500. The molecule has 1 aromatic rings. The van der Waals surface area contributed by atoms with E-state index in [0.29, 0.717) is 23.7 Å². The molecule has 3 nitrogen and oxygen atoms in total. The molecule has 0 aliphatic heterocycles. The smallest absolute Gasteiger partial charge is 0.167 e. The van der Waals surface area contributed by atoms with E-state index < -0.39 is 0 Å². The number of benzene rings is 1. The summed E-state index contributed by atoms with van der Waals surface area (Å²) in [7, 11) is 1.56. The van der Waals surface area contributed by atoms with Gasteiger partial charge in [0.1, 0.15) is 17.1 Å². The van der Waals surface area contributed by atoms with E-state index in [1.54, 1.807) is 13.2 Å². The summed E-state index contributed by atoms with van der Waals surface area (Å²) in [5.74, 6) is 1.16. The minimum Gasteiger partial charge on any atom is -0.496 e. The molecule has 1 aromatic carbocycles. The Balaban J connectivity index is 2.79. The quantitative estimate of drug-likeness (QED) is 0.537. The Morgan fingerprint density at radius 3 is 2.53 bits per heavy atom. The van der Waals surface area contributed by atoms with Gasteiger partial charge >= 0.3 is 0 Å². The lowest BCUT2D eigenvalue weighted by Gasteiger charge is -2.12. The maximum atomic E-state index is 11.6. The Morgan fingerprint density at radius 1 is 1.24 bits per heavy atom. The first-order valence-electron chi connectivity index (χ1n) is 6.01. The Bertz CT molecular complexity index is 372. The molecule has 0 saturated carbocycles. The van der Waals surface area contributed by atoms with Crippen LogP contribution in [0.25, 0.3) is 0 Å². The maximum Gasteiger partial charge on any atom is 0.167 e. The number of Topliss-reactive ketones (excluding diaryl/α,β-unsaturated/α-hetero) is 1. The van der Waals surface area contributed by atoms with E-state index in [4.69, 9.17) is 9.47 Å². The van der Waals surface area contributed by atoms with Crippen LogP contribution in [0.5, 0.6) is 11.5 Å². The lowest BCUT2D eigenvalue weighted by atomic mass is 10.1. The van der Waals surface area contributed by atoms with Crippen molar-refractivity contribution in [2.45, 2.75) is 33.1 Å². The van der Waals surface area contributed by atoms with Crippen molar-refractivity contribution in [2.24, 2.45) is 0 Å². The second-order valence-corrected chi connectivity index (χ2v) is 3.95. The highest BCUT2D eigenvalue weighted by atomic mass is 16.5. The molecule has 0 N–H and O–H groups in total. The number of unbranched alkanes of at least 4 members (excludes halogenated alkanes) is 2. The Morgan fingerprint density at radius 2 is 1.94 bits per heavy atom. The molecule has 0 atom stereocenters. The van der Waals surface area contributed by atoms with Crippen LogP contribution in [0.1, 0.15) is 43.5 Å². The second kappa shape index (κ2) is 6.94. The minimum absolute atomic E-state index is 0.0343. The molecular weight excluding hydrogens is 216 g/mol. The van der Waals surface area contributed by atoms with Crippen LogP contribution in [0.2, 0.25) is 0 Å². The van der Waals surface area contributed by atoms with Gasteiger partial charge < -0.3 is 9.47 Å². The molecular formula is C14H20O3. The number of hydrogen-bond donors (Lipinski definition) is 0. The fourth-order valence-corrected chi connectivity index (χ4v) is 1.68. The van der Waals surface area contributed by atoms with Gasteiger partial charge in [0.15, 0.2) is 5.78 Å². The Hall–Kier alpha value is -1.51. The van der Waals surface area contributed by atoms with Gasteiger partial charge in [-0.25, -0.2) is 0 Å². The van der Waals surface area contributed by atoms with Gasteiger partial charge in [0, 0.05) is 0 Å². The predicted octanol–water partition coefficient (Wildman–Crippen LogP) is 3.47. The first-order valence-corrected chi connectivity index (χ1v) is 6.01. The van der Waals surface area contributed by atoms with E-state index in [0.717, 1.165) is 19.3 Å². The third kappa shape index (κ3) is 3.77. The molecule has 0 unspecified atom stereocenters. The summed E-state index contributed by atoms with van der Waals surface area (Å²) in [5, 5.41) is 0. The standard InChI is InChI=1S/C14H20O3/c1-4-5-6-10-17-13-9-7-8-12(16-3)14(13)11(2)15/h7-9H,4-6,10H2,1-3H3. The molecule has 1 rings (SSSR count). The van der Waals surface area contributed by atoms with Crippen LogP contribution in [-0.4, -0.2) is 19.5 Å². The average Bonchev–Trinajstić information content (AvgIpc) is 2.33. The highest BCUT2D eigenvalue weighted by Gasteiger charge is 2.14. The first-order chi connectivity index (χ1) is 8.20. The molecule has 0 aliphatic rings. The molecule has 0 aromatic heterocycles. The molecule has 0 amide bonds. The van der Waals surface area contributed by atoms with Gasteiger partial charge in [-0.05, 0) is 25.5 Å². The van der Waals surface area contributed by atoms with Crippen molar-refractivity contribution < 1.29 is 14.3 Å². The van der Waals surface area contributed by atoms with Crippen LogP contribution >= 0.6 is 0 Å². The summed E-state index contributed by atoms with van der Waals surface area (Å²) in [4.78, 5) is 11.6. The van der Waals surface area contributed by atoms with Gasteiger partial charge in [-0.3, -0.25) is 4.79 Å². The summed E-state index contributed by atoms with van der Waals surface area (Å²) in [6.45, 7) is 4.31. The van der Waals surface area contributed by atoms with Crippen LogP contribution in [-0.2, 0) is 0 Å². The van der Waals surface area contributed by atoms with E-state index in [-0.39, 0.29) is 5.78 Å². The number of rotatable bonds is 7. The monoisotopic (exact) mass is 236 g/mol. The first kappa shape index (κ1) is 13.6. The molecule has 0 spiro atoms. The van der Waals surface area contributed by atoms with Gasteiger partial charge in [0.2, 0.25) is 0 Å². The highest BCUT2D eigenvalue weighted by molar-refractivity contribution is 5.99. The summed E-state index contributed by atoms with van der Waals surface area (Å²) in [6.07, 6.45) is 3.30. The van der Waals surface area contributed by atoms with Crippen molar-refractivity contribution in [2.75, 3.05) is 13.7 Å². The van der Waals surface area contributed by atoms with Crippen LogP contribution in [0.15, 0.2) is 18.2 Å². The van der Waals surface area contributed by atoms with E-state index in [1.807, 2.05) is 12.1 Å². The second-order valence-electron chi connectivity index (χ2n) is 3.95. The zero-order valence-corrected chi connectivity index (χ0v) is 10.8. The van der Waals surface area contributed by atoms with Crippen LogP contribution in [0, 0.1) is 0 Å². The van der Waals surface area contributed by atoms with E-state index >= 15 is 0 Å². The fourth-order valence-electron chi connectivity index (χ4n) is 1.68. The number of ether oxygens (including phenoxy) is 2. The third-order valence-corrected chi connectivity index (χ3v) is 2.57. The molecule has 0 radical (unpaired) electrons. The minimum atomic E-state index is -0.0343. The summed E-state index contributed by atoms with van der Waals surface area (Å²) >= 11 is 0. The molecule has 3 heteroatoms. The number of ketones is 1.